The summed E-state index contributed by atoms with van der Waals surface area (Å²) in [5.41, 5.74) is 1.18. The number of H-pyrrole nitrogens is 1. The lowest BCUT2D eigenvalue weighted by Crippen LogP contribution is -2.08. The number of esters is 1. The molecule has 9 heteroatoms. The molecule has 0 unspecified atom stereocenters. The largest absolute Gasteiger partial charge is 0.493 e. The van der Waals surface area contributed by atoms with Crippen LogP contribution in [0.2, 0.25) is 0 Å². The van der Waals surface area contributed by atoms with Gasteiger partial charge in [-0.25, -0.2) is 4.79 Å². The second kappa shape index (κ2) is 8.16. The number of hydrogen-bond acceptors (Lipinski definition) is 6. The zero-order valence-corrected chi connectivity index (χ0v) is 16.3. The van der Waals surface area contributed by atoms with Crippen LogP contribution in [0.3, 0.4) is 0 Å². The molecule has 3 aromatic rings. The minimum absolute atomic E-state index is 0.171. The Balaban J connectivity index is 1.69. The van der Waals surface area contributed by atoms with Gasteiger partial charge in [-0.2, -0.15) is 0 Å². The number of nitrogens with one attached hydrogen (secondary N) is 1. The maximum absolute atomic E-state index is 11.9. The first-order valence-electron chi connectivity index (χ1n) is 7.74. The van der Waals surface area contributed by atoms with Gasteiger partial charge in [-0.1, -0.05) is 6.07 Å². The lowest BCUT2D eigenvalue weighted by molar-refractivity contribution is -0.120. The molecule has 1 amide bonds. The molecular weight excluding hydrogens is 465 g/mol. The Bertz CT molecular complexity index is 1040. The highest BCUT2D eigenvalue weighted by atomic mass is 127. The summed E-state index contributed by atoms with van der Waals surface area (Å²) in [6.45, 7) is -0.366. The lowest BCUT2D eigenvalue weighted by atomic mass is 10.2. The van der Waals surface area contributed by atoms with Gasteiger partial charge in [0.1, 0.15) is 5.75 Å². The molecule has 2 N–H and O–H groups in total. The molecule has 138 valence electrons. The van der Waals surface area contributed by atoms with Gasteiger partial charge in [-0.3, -0.25) is 4.79 Å². The highest BCUT2D eigenvalue weighted by Crippen LogP contribution is 2.36. The van der Waals surface area contributed by atoms with Crippen molar-refractivity contribution in [1.82, 2.24) is 4.98 Å². The minimum atomic E-state index is -0.641. The SMILES string of the molecule is COC(=O)c1cccc(OCC(=O)N=Nc2c(O)[nH]c3ccc(I)cc23)c1. The summed E-state index contributed by atoms with van der Waals surface area (Å²) in [5.74, 6) is -0.991. The number of rotatable bonds is 5. The number of carbonyl (C=O) groups excluding carboxylic acids is 2. The first-order valence-corrected chi connectivity index (χ1v) is 8.81. The molecule has 0 radical (unpaired) electrons. The van der Waals surface area contributed by atoms with Crippen molar-refractivity contribution in [3.8, 4) is 11.6 Å². The van der Waals surface area contributed by atoms with E-state index in [-0.39, 0.29) is 18.2 Å². The van der Waals surface area contributed by atoms with Crippen molar-refractivity contribution in [2.24, 2.45) is 10.2 Å². The van der Waals surface area contributed by atoms with Crippen LogP contribution in [-0.2, 0) is 9.53 Å². The fraction of sp³-hybridized carbons (Fsp3) is 0.111. The molecule has 27 heavy (non-hydrogen) atoms. The molecule has 8 nitrogen and oxygen atoms in total. The predicted octanol–water partition coefficient (Wildman–Crippen LogP) is 3.95. The van der Waals surface area contributed by atoms with E-state index in [1.165, 1.54) is 13.2 Å². The number of aromatic hydroxyl groups is 1. The molecule has 1 aromatic heterocycles. The van der Waals surface area contributed by atoms with E-state index in [9.17, 15) is 14.7 Å². The van der Waals surface area contributed by atoms with E-state index < -0.39 is 11.9 Å². The number of hydrogen-bond donors (Lipinski definition) is 2. The average molecular weight is 479 g/mol. The van der Waals surface area contributed by atoms with Gasteiger partial charge in [0.15, 0.2) is 12.3 Å². The third kappa shape index (κ3) is 4.42. The Morgan fingerprint density at radius 3 is 2.81 bits per heavy atom. The van der Waals surface area contributed by atoms with Gasteiger partial charge in [-0.15, -0.1) is 10.2 Å². The first kappa shape index (κ1) is 18.8. The van der Waals surface area contributed by atoms with Crippen LogP contribution in [0.4, 0.5) is 5.69 Å². The summed E-state index contributed by atoms with van der Waals surface area (Å²) in [5, 5.41) is 18.0. The van der Waals surface area contributed by atoms with Gasteiger partial charge >= 0.3 is 11.9 Å². The van der Waals surface area contributed by atoms with Crippen LogP contribution in [0.5, 0.6) is 11.6 Å². The number of fused-ring (bicyclic) bond motifs is 1. The van der Waals surface area contributed by atoms with Gasteiger partial charge in [0.25, 0.3) is 0 Å². The third-order valence-corrected chi connectivity index (χ3v) is 4.26. The van der Waals surface area contributed by atoms with E-state index in [0.717, 1.165) is 3.57 Å². The topological polar surface area (TPSA) is 113 Å². The van der Waals surface area contributed by atoms with Crippen LogP contribution in [0.1, 0.15) is 10.4 Å². The Morgan fingerprint density at radius 2 is 2.04 bits per heavy atom. The van der Waals surface area contributed by atoms with Crippen LogP contribution in [-0.4, -0.2) is 35.7 Å². The van der Waals surface area contributed by atoms with Gasteiger partial charge in [0, 0.05) is 8.96 Å². The van der Waals surface area contributed by atoms with Crippen LogP contribution >= 0.6 is 22.6 Å². The molecule has 0 aliphatic rings. The number of benzene rings is 2. The van der Waals surface area contributed by atoms with Gasteiger partial charge in [0.2, 0.25) is 5.88 Å². The summed E-state index contributed by atoms with van der Waals surface area (Å²) in [4.78, 5) is 26.2. The number of halogens is 1. The summed E-state index contributed by atoms with van der Waals surface area (Å²) in [7, 11) is 1.28. The normalized spacial score (nSPS) is 11.0. The molecule has 3 rings (SSSR count). The smallest absolute Gasteiger partial charge is 0.337 e. The molecule has 0 saturated heterocycles. The number of carbonyl (C=O) groups is 2. The van der Waals surface area contributed by atoms with E-state index >= 15 is 0 Å². The number of aromatic nitrogens is 1. The molecule has 0 aliphatic heterocycles. The second-order valence-corrected chi connectivity index (χ2v) is 6.66. The maximum Gasteiger partial charge on any atom is 0.337 e. The van der Waals surface area contributed by atoms with Crippen molar-refractivity contribution < 1.29 is 24.2 Å². The number of ether oxygens (including phenoxy) is 2. The third-order valence-electron chi connectivity index (χ3n) is 3.59. The summed E-state index contributed by atoms with van der Waals surface area (Å²) >= 11 is 2.14. The van der Waals surface area contributed by atoms with Crippen LogP contribution in [0.15, 0.2) is 52.7 Å². The maximum atomic E-state index is 11.9. The molecule has 0 aliphatic carbocycles. The fourth-order valence-electron chi connectivity index (χ4n) is 2.35. The molecular formula is C18H14IN3O5. The first-order chi connectivity index (χ1) is 13.0. The Morgan fingerprint density at radius 1 is 1.22 bits per heavy atom. The molecule has 2 aromatic carbocycles. The van der Waals surface area contributed by atoms with E-state index in [0.29, 0.717) is 22.2 Å². The zero-order valence-electron chi connectivity index (χ0n) is 14.1. The van der Waals surface area contributed by atoms with Gasteiger partial charge in [-0.05, 0) is 59.0 Å². The van der Waals surface area contributed by atoms with Crippen molar-refractivity contribution in [2.75, 3.05) is 13.7 Å². The molecule has 0 atom stereocenters. The molecule has 0 spiro atoms. The number of nitrogens with zero attached hydrogens (tertiary/aromatic N) is 2. The van der Waals surface area contributed by atoms with Crippen molar-refractivity contribution in [3.05, 3.63) is 51.6 Å². The summed E-state index contributed by atoms with van der Waals surface area (Å²) < 4.78 is 10.9. The number of methoxy groups -OCH3 is 1. The Hall–Kier alpha value is -2.95. The summed E-state index contributed by atoms with van der Waals surface area (Å²) in [6.07, 6.45) is 0. The lowest BCUT2D eigenvalue weighted by Gasteiger charge is -2.05. The van der Waals surface area contributed by atoms with Crippen molar-refractivity contribution in [2.45, 2.75) is 0 Å². The quantitative estimate of drug-likeness (QED) is 0.327. The van der Waals surface area contributed by atoms with Crippen LogP contribution in [0.25, 0.3) is 10.9 Å². The number of aromatic amines is 1. The highest BCUT2D eigenvalue weighted by molar-refractivity contribution is 14.1. The molecule has 0 fully saturated rings. The average Bonchev–Trinajstić information content (AvgIpc) is 2.98. The number of amides is 1. The standard InChI is InChI=1S/C18H14IN3O5/c1-26-18(25)10-3-2-4-12(7-10)27-9-15(23)21-22-16-13-8-11(19)5-6-14(13)20-17(16)24/h2-8,20,24H,9H2,1H3. The van der Waals surface area contributed by atoms with E-state index in [4.69, 9.17) is 4.74 Å². The molecule has 0 bridgehead atoms. The fourth-order valence-corrected chi connectivity index (χ4v) is 2.84. The monoisotopic (exact) mass is 479 g/mol. The van der Waals surface area contributed by atoms with E-state index in [1.807, 2.05) is 12.1 Å². The Kier molecular flexibility index (Phi) is 5.69. The van der Waals surface area contributed by atoms with Crippen molar-refractivity contribution >= 4 is 51.1 Å². The highest BCUT2D eigenvalue weighted by Gasteiger charge is 2.12. The zero-order chi connectivity index (χ0) is 19.4. The van der Waals surface area contributed by atoms with Crippen molar-refractivity contribution in [1.29, 1.82) is 0 Å². The van der Waals surface area contributed by atoms with Crippen LogP contribution < -0.4 is 4.74 Å². The van der Waals surface area contributed by atoms with Crippen LogP contribution in [0, 0.1) is 3.57 Å². The molecule has 1 heterocycles. The van der Waals surface area contributed by atoms with E-state index in [1.54, 1.807) is 24.3 Å². The molecule has 0 saturated carbocycles. The van der Waals surface area contributed by atoms with Gasteiger partial charge in [0.05, 0.1) is 18.2 Å². The second-order valence-electron chi connectivity index (χ2n) is 5.41. The minimum Gasteiger partial charge on any atom is -0.493 e. The van der Waals surface area contributed by atoms with Gasteiger partial charge < -0.3 is 19.6 Å². The number of azo groups is 1. The van der Waals surface area contributed by atoms with Crippen molar-refractivity contribution in [3.63, 3.8) is 0 Å². The predicted molar refractivity (Wildman–Crippen MR) is 105 cm³/mol. The summed E-state index contributed by atoms with van der Waals surface area (Å²) in [6, 6.07) is 11.7. The van der Waals surface area contributed by atoms with E-state index in [2.05, 4.69) is 42.5 Å². The Labute approximate surface area is 167 Å².